The maximum Gasteiger partial charge on any atom is 0.271 e. The molecule has 0 radical (unpaired) electrons. The Labute approximate surface area is 216 Å². The number of sulfonamides is 1. The van der Waals surface area contributed by atoms with Gasteiger partial charge in [0, 0.05) is 25.2 Å². The van der Waals surface area contributed by atoms with Gasteiger partial charge in [0.15, 0.2) is 0 Å². The molecule has 3 aromatic rings. The van der Waals surface area contributed by atoms with Crippen molar-refractivity contribution in [2.24, 2.45) is 0 Å². The van der Waals surface area contributed by atoms with Gasteiger partial charge in [-0.2, -0.15) is 0 Å². The number of piperidine rings is 1. The Bertz CT molecular complexity index is 1340. The number of nitro benzene ring substituents is 1. The fraction of sp³-hybridized carbons (Fsp3) is 0.296. The molecule has 194 valence electrons. The van der Waals surface area contributed by atoms with Crippen LogP contribution in [0.4, 0.5) is 11.4 Å². The van der Waals surface area contributed by atoms with Crippen LogP contribution in [0.5, 0.6) is 0 Å². The van der Waals surface area contributed by atoms with Gasteiger partial charge in [0.25, 0.3) is 15.7 Å². The fourth-order valence-corrected chi connectivity index (χ4v) is 5.83. The number of non-ortho nitro benzene ring substituents is 1. The Morgan fingerprint density at radius 2 is 1.62 bits per heavy atom. The Kier molecular flexibility index (Phi) is 8.52. The molecule has 0 spiro atoms. The van der Waals surface area contributed by atoms with Crippen molar-refractivity contribution in [3.63, 3.8) is 0 Å². The minimum absolute atomic E-state index is 0.0141. The van der Waals surface area contributed by atoms with Crippen LogP contribution in [0, 0.1) is 10.1 Å². The van der Waals surface area contributed by atoms with Gasteiger partial charge in [-0.05, 0) is 55.3 Å². The minimum Gasteiger partial charge on any atom is -0.350 e. The first-order valence-electron chi connectivity index (χ1n) is 12.2. The highest BCUT2D eigenvalue weighted by atomic mass is 32.2. The van der Waals surface area contributed by atoms with Crippen molar-refractivity contribution >= 4 is 27.3 Å². The van der Waals surface area contributed by atoms with E-state index in [9.17, 15) is 23.3 Å². The van der Waals surface area contributed by atoms with Crippen LogP contribution in [0.25, 0.3) is 0 Å². The van der Waals surface area contributed by atoms with Crippen LogP contribution >= 0.6 is 0 Å². The molecular formula is C27H30N4O5S. The summed E-state index contributed by atoms with van der Waals surface area (Å²) in [6, 6.07) is 20.9. The van der Waals surface area contributed by atoms with Crippen molar-refractivity contribution in [1.82, 2.24) is 10.2 Å². The maximum absolute atomic E-state index is 13.4. The number of carbonyl (C=O) groups is 1. The second kappa shape index (κ2) is 12.0. The summed E-state index contributed by atoms with van der Waals surface area (Å²) in [4.78, 5) is 26.0. The van der Waals surface area contributed by atoms with Gasteiger partial charge in [-0.25, -0.2) is 8.42 Å². The molecule has 0 atom stereocenters. The van der Waals surface area contributed by atoms with Crippen molar-refractivity contribution in [2.75, 3.05) is 23.9 Å². The van der Waals surface area contributed by atoms with E-state index >= 15 is 0 Å². The number of hydrogen-bond donors (Lipinski definition) is 1. The lowest BCUT2D eigenvalue weighted by Crippen LogP contribution is -2.40. The smallest absolute Gasteiger partial charge is 0.271 e. The number of benzene rings is 3. The Morgan fingerprint density at radius 1 is 0.919 bits per heavy atom. The largest absolute Gasteiger partial charge is 0.350 e. The van der Waals surface area contributed by atoms with Crippen LogP contribution in [-0.2, 0) is 27.9 Å². The summed E-state index contributed by atoms with van der Waals surface area (Å²) in [5, 5.41) is 14.1. The van der Waals surface area contributed by atoms with E-state index in [1.165, 1.54) is 55.2 Å². The van der Waals surface area contributed by atoms with Gasteiger partial charge in [-0.1, -0.05) is 55.0 Å². The average Bonchev–Trinajstić information content (AvgIpc) is 2.92. The average molecular weight is 523 g/mol. The molecule has 10 heteroatoms. The summed E-state index contributed by atoms with van der Waals surface area (Å²) in [6.07, 6.45) is 3.70. The van der Waals surface area contributed by atoms with Crippen LogP contribution in [-0.4, -0.2) is 43.8 Å². The first-order valence-corrected chi connectivity index (χ1v) is 13.7. The third-order valence-corrected chi connectivity index (χ3v) is 8.07. The van der Waals surface area contributed by atoms with Crippen LogP contribution in [0.3, 0.4) is 0 Å². The first kappa shape index (κ1) is 26.3. The number of rotatable bonds is 10. The van der Waals surface area contributed by atoms with E-state index in [0.29, 0.717) is 0 Å². The van der Waals surface area contributed by atoms with Crippen molar-refractivity contribution in [3.05, 3.63) is 100 Å². The molecular weight excluding hydrogens is 492 g/mol. The quantitative estimate of drug-likeness (QED) is 0.317. The number of nitrogens with one attached hydrogen (secondary N) is 1. The van der Waals surface area contributed by atoms with Gasteiger partial charge in [0.1, 0.15) is 6.54 Å². The lowest BCUT2D eigenvalue weighted by Gasteiger charge is -2.26. The fourth-order valence-electron chi connectivity index (χ4n) is 4.40. The van der Waals surface area contributed by atoms with E-state index in [1.807, 2.05) is 18.2 Å². The molecule has 1 fully saturated rings. The second-order valence-electron chi connectivity index (χ2n) is 9.04. The van der Waals surface area contributed by atoms with Crippen molar-refractivity contribution in [2.45, 2.75) is 37.2 Å². The predicted octanol–water partition coefficient (Wildman–Crippen LogP) is 4.09. The van der Waals surface area contributed by atoms with E-state index in [1.54, 1.807) is 18.2 Å². The lowest BCUT2D eigenvalue weighted by molar-refractivity contribution is -0.384. The van der Waals surface area contributed by atoms with Crippen molar-refractivity contribution < 1.29 is 18.1 Å². The number of carbonyl (C=O) groups excluding carboxylic acids is 1. The van der Waals surface area contributed by atoms with Gasteiger partial charge in [-0.15, -0.1) is 0 Å². The molecule has 0 aliphatic carbocycles. The second-order valence-corrected chi connectivity index (χ2v) is 10.9. The van der Waals surface area contributed by atoms with E-state index in [-0.39, 0.29) is 22.8 Å². The number of nitro groups is 1. The van der Waals surface area contributed by atoms with Gasteiger partial charge in [0.2, 0.25) is 5.91 Å². The van der Waals surface area contributed by atoms with E-state index in [4.69, 9.17) is 0 Å². The molecule has 9 nitrogen and oxygen atoms in total. The van der Waals surface area contributed by atoms with Gasteiger partial charge >= 0.3 is 0 Å². The zero-order valence-corrected chi connectivity index (χ0v) is 21.3. The molecule has 0 saturated carbocycles. The van der Waals surface area contributed by atoms with Gasteiger partial charge in [-0.3, -0.25) is 24.1 Å². The first-order chi connectivity index (χ1) is 17.8. The van der Waals surface area contributed by atoms with E-state index < -0.39 is 27.4 Å². The van der Waals surface area contributed by atoms with Crippen LogP contribution < -0.4 is 9.62 Å². The molecule has 1 heterocycles. The van der Waals surface area contributed by atoms with Crippen LogP contribution in [0.2, 0.25) is 0 Å². The third kappa shape index (κ3) is 6.93. The van der Waals surface area contributed by atoms with Crippen LogP contribution in [0.1, 0.15) is 30.4 Å². The summed E-state index contributed by atoms with van der Waals surface area (Å²) >= 11 is 0. The molecule has 3 aromatic carbocycles. The summed E-state index contributed by atoms with van der Waals surface area (Å²) < 4.78 is 27.8. The molecule has 37 heavy (non-hydrogen) atoms. The van der Waals surface area contributed by atoms with Gasteiger partial charge in [0.05, 0.1) is 15.5 Å². The molecule has 0 unspecified atom stereocenters. The summed E-state index contributed by atoms with van der Waals surface area (Å²) in [7, 11) is -4.15. The number of amides is 1. The van der Waals surface area contributed by atoms with Gasteiger partial charge < -0.3 is 5.32 Å². The molecule has 1 aliphatic rings. The summed E-state index contributed by atoms with van der Waals surface area (Å²) in [5.74, 6) is -0.521. The minimum atomic E-state index is -4.15. The normalized spacial score (nSPS) is 14.2. The lowest BCUT2D eigenvalue weighted by atomic mass is 10.1. The SMILES string of the molecule is O=C(CN(c1cccc([N+](=O)[O-])c1)S(=O)(=O)c1ccccc1)NCc1cccc(CN2CCCCC2)c1. The molecule has 1 aliphatic heterocycles. The monoisotopic (exact) mass is 522 g/mol. The van der Waals surface area contributed by atoms with Crippen molar-refractivity contribution in [1.29, 1.82) is 0 Å². The predicted molar refractivity (Wildman–Crippen MR) is 141 cm³/mol. The standard InChI is InChI=1S/C27H30N4O5S/c32-27(28-19-22-9-7-10-23(17-22)20-29-15-5-2-6-16-29)21-30(24-11-8-12-25(18-24)31(33)34)37(35,36)26-13-3-1-4-14-26/h1,3-4,7-14,17-18H,2,5-6,15-16,19-21H2,(H,28,32). The molecule has 0 aromatic heterocycles. The Hall–Kier alpha value is -3.76. The third-order valence-electron chi connectivity index (χ3n) is 6.28. The molecule has 1 saturated heterocycles. The van der Waals surface area contributed by atoms with Crippen molar-refractivity contribution in [3.8, 4) is 0 Å². The van der Waals surface area contributed by atoms with Crippen LogP contribution in [0.15, 0.2) is 83.8 Å². The molecule has 1 N–H and O–H groups in total. The Balaban J connectivity index is 1.49. The van der Waals surface area contributed by atoms with E-state index in [2.05, 4.69) is 16.3 Å². The Morgan fingerprint density at radius 3 is 2.35 bits per heavy atom. The number of anilines is 1. The molecule has 1 amide bonds. The topological polar surface area (TPSA) is 113 Å². The highest BCUT2D eigenvalue weighted by Crippen LogP contribution is 2.27. The number of nitrogens with zero attached hydrogens (tertiary/aromatic N) is 3. The zero-order valence-electron chi connectivity index (χ0n) is 20.5. The zero-order chi connectivity index (χ0) is 26.3. The molecule has 0 bridgehead atoms. The highest BCUT2D eigenvalue weighted by Gasteiger charge is 2.28. The highest BCUT2D eigenvalue weighted by molar-refractivity contribution is 7.92. The number of hydrogen-bond acceptors (Lipinski definition) is 6. The maximum atomic E-state index is 13.4. The van der Waals surface area contributed by atoms with E-state index in [0.717, 1.165) is 35.6 Å². The number of likely N-dealkylation sites (tertiary alicyclic amines) is 1. The summed E-state index contributed by atoms with van der Waals surface area (Å²) in [6.45, 7) is 2.75. The molecule has 4 rings (SSSR count). The summed E-state index contributed by atoms with van der Waals surface area (Å²) in [5.41, 5.74) is 1.85.